The molecule has 2 aromatic carbocycles. The van der Waals surface area contributed by atoms with Gasteiger partial charge in [-0.25, -0.2) is 9.59 Å². The minimum absolute atomic E-state index is 0.0400. The molecule has 0 aromatic heterocycles. The molecule has 0 atom stereocenters. The molecule has 10 nitrogen and oxygen atoms in total. The number of benzene rings is 2. The number of ether oxygens (including phenoxy) is 2. The summed E-state index contributed by atoms with van der Waals surface area (Å²) < 4.78 is 31.5. The van der Waals surface area contributed by atoms with Crippen LogP contribution in [0.2, 0.25) is 0 Å². The largest absolute Gasteiger partial charge is 0.449 e. The zero-order valence-corrected chi connectivity index (χ0v) is 17.8. The lowest BCUT2D eigenvalue weighted by Gasteiger charge is -2.18. The molecule has 30 heavy (non-hydrogen) atoms. The molecule has 0 amide bonds. The van der Waals surface area contributed by atoms with Gasteiger partial charge in [-0.15, -0.1) is 0 Å². The fraction of sp³-hybridized carbons (Fsp3) is 0.222. The van der Waals surface area contributed by atoms with Gasteiger partial charge in [0.1, 0.15) is 0 Å². The third kappa shape index (κ3) is 6.34. The van der Waals surface area contributed by atoms with E-state index in [-0.39, 0.29) is 22.3 Å². The SMILES string of the molecule is Cc1cccc(C(=O)OCP(=O)(O)O)c1-c1c(C)cccc1C(=O)OCP(=O)(O)O. The highest BCUT2D eigenvalue weighted by atomic mass is 31.2. The predicted molar refractivity (Wildman–Crippen MR) is 106 cm³/mol. The second kappa shape index (κ2) is 9.22. The molecule has 12 heteroatoms. The van der Waals surface area contributed by atoms with Crippen LogP contribution in [0.3, 0.4) is 0 Å². The summed E-state index contributed by atoms with van der Waals surface area (Å²) in [5, 5.41) is 0. The molecule has 162 valence electrons. The van der Waals surface area contributed by atoms with Crippen molar-refractivity contribution in [3.05, 3.63) is 58.7 Å². The topological polar surface area (TPSA) is 168 Å². The summed E-state index contributed by atoms with van der Waals surface area (Å²) >= 11 is 0. The Hall–Kier alpha value is -2.32. The third-order valence-corrected chi connectivity index (χ3v) is 4.89. The summed E-state index contributed by atoms with van der Waals surface area (Å²) in [5.74, 6) is -2.01. The molecule has 2 rings (SSSR count). The molecule has 0 unspecified atom stereocenters. The number of esters is 2. The van der Waals surface area contributed by atoms with Gasteiger partial charge in [0.05, 0.1) is 11.1 Å². The first-order chi connectivity index (χ1) is 13.8. The lowest BCUT2D eigenvalue weighted by molar-refractivity contribution is 0.0541. The van der Waals surface area contributed by atoms with Crippen molar-refractivity contribution in [1.29, 1.82) is 0 Å². The van der Waals surface area contributed by atoms with Crippen molar-refractivity contribution < 1.29 is 47.8 Å². The normalized spacial score (nSPS) is 11.8. The minimum atomic E-state index is -4.59. The fourth-order valence-electron chi connectivity index (χ4n) is 2.78. The Balaban J connectivity index is 2.57. The van der Waals surface area contributed by atoms with Gasteiger partial charge in [-0.1, -0.05) is 24.3 Å². The zero-order chi connectivity index (χ0) is 22.7. The highest BCUT2D eigenvalue weighted by Crippen LogP contribution is 2.38. The number of hydrogen-bond acceptors (Lipinski definition) is 6. The monoisotopic (exact) mass is 458 g/mol. The number of carbonyl (C=O) groups is 2. The Bertz CT molecular complexity index is 981. The van der Waals surface area contributed by atoms with Crippen molar-refractivity contribution in [2.45, 2.75) is 13.8 Å². The summed E-state index contributed by atoms with van der Waals surface area (Å²) in [6.07, 6.45) is -2.21. The van der Waals surface area contributed by atoms with Gasteiger partial charge in [0, 0.05) is 11.1 Å². The average molecular weight is 458 g/mol. The third-order valence-electron chi connectivity index (χ3n) is 3.96. The van der Waals surface area contributed by atoms with E-state index in [4.69, 9.17) is 29.0 Å². The van der Waals surface area contributed by atoms with E-state index in [9.17, 15) is 18.7 Å². The van der Waals surface area contributed by atoms with Crippen LogP contribution < -0.4 is 0 Å². The molecule has 0 aliphatic carbocycles. The quantitative estimate of drug-likeness (QED) is 0.357. The summed E-state index contributed by atoms with van der Waals surface area (Å²) in [7, 11) is -9.18. The van der Waals surface area contributed by atoms with Crippen molar-refractivity contribution >= 4 is 27.1 Å². The van der Waals surface area contributed by atoms with E-state index < -0.39 is 39.8 Å². The number of aryl methyl sites for hydroxylation is 2. The maximum absolute atomic E-state index is 12.5. The van der Waals surface area contributed by atoms with E-state index in [1.165, 1.54) is 24.3 Å². The maximum atomic E-state index is 12.5. The van der Waals surface area contributed by atoms with E-state index in [2.05, 4.69) is 0 Å². The van der Waals surface area contributed by atoms with Gasteiger partial charge in [-0.05, 0) is 37.1 Å². The lowest BCUT2D eigenvalue weighted by atomic mass is 9.88. The summed E-state index contributed by atoms with van der Waals surface area (Å²) in [6, 6.07) is 9.15. The Morgan fingerprint density at radius 3 is 1.37 bits per heavy atom. The van der Waals surface area contributed by atoms with Crippen LogP contribution >= 0.6 is 15.2 Å². The molecular formula is C18H20O10P2. The Kier molecular flexibility index (Phi) is 7.36. The molecule has 4 N–H and O–H groups in total. The number of carbonyl (C=O) groups excluding carboxylic acids is 2. The molecule has 0 radical (unpaired) electrons. The van der Waals surface area contributed by atoms with Crippen molar-refractivity contribution in [2.24, 2.45) is 0 Å². The molecule has 0 heterocycles. The van der Waals surface area contributed by atoms with Gasteiger partial charge in [-0.3, -0.25) is 9.13 Å². The van der Waals surface area contributed by atoms with Gasteiger partial charge >= 0.3 is 27.1 Å². The zero-order valence-electron chi connectivity index (χ0n) is 16.0. The van der Waals surface area contributed by atoms with Crippen LogP contribution in [0.5, 0.6) is 0 Å². The highest BCUT2D eigenvalue weighted by molar-refractivity contribution is 7.51. The summed E-state index contributed by atoms with van der Waals surface area (Å²) in [6.45, 7) is 3.32. The molecule has 0 saturated carbocycles. The van der Waals surface area contributed by atoms with Gasteiger partial charge in [0.2, 0.25) is 0 Å². The van der Waals surface area contributed by atoms with Crippen LogP contribution in [-0.4, -0.2) is 44.2 Å². The van der Waals surface area contributed by atoms with Gasteiger partial charge in [-0.2, -0.15) is 0 Å². The second-order valence-corrected chi connectivity index (χ2v) is 9.62. The highest BCUT2D eigenvalue weighted by Gasteiger charge is 2.26. The van der Waals surface area contributed by atoms with E-state index in [1.54, 1.807) is 26.0 Å². The van der Waals surface area contributed by atoms with Crippen LogP contribution in [0, 0.1) is 13.8 Å². The molecule has 2 aromatic rings. The second-order valence-electron chi connectivity index (χ2n) is 6.45. The van der Waals surface area contributed by atoms with Crippen molar-refractivity contribution in [3.8, 4) is 11.1 Å². The summed E-state index contributed by atoms with van der Waals surface area (Å²) in [4.78, 5) is 60.8. The van der Waals surface area contributed by atoms with Crippen molar-refractivity contribution in [3.63, 3.8) is 0 Å². The van der Waals surface area contributed by atoms with Crippen LogP contribution in [0.25, 0.3) is 11.1 Å². The molecule has 0 fully saturated rings. The van der Waals surface area contributed by atoms with Crippen molar-refractivity contribution in [1.82, 2.24) is 0 Å². The Morgan fingerprint density at radius 2 is 1.07 bits per heavy atom. The predicted octanol–water partition coefficient (Wildman–Crippen LogP) is 2.55. The van der Waals surface area contributed by atoms with Crippen LogP contribution in [-0.2, 0) is 18.6 Å². The van der Waals surface area contributed by atoms with Crippen LogP contribution in [0.15, 0.2) is 36.4 Å². The van der Waals surface area contributed by atoms with Gasteiger partial charge in [0.15, 0.2) is 12.7 Å². The molecule has 0 aliphatic rings. The van der Waals surface area contributed by atoms with E-state index in [1.807, 2.05) is 0 Å². The first-order valence-corrected chi connectivity index (χ1v) is 12.0. The maximum Gasteiger partial charge on any atom is 0.362 e. The number of rotatable bonds is 7. The summed E-state index contributed by atoms with van der Waals surface area (Å²) in [5.41, 5.74) is 1.57. The molecule has 0 saturated heterocycles. The Morgan fingerprint density at radius 1 is 0.733 bits per heavy atom. The first-order valence-electron chi connectivity index (χ1n) is 8.43. The molecule has 0 spiro atoms. The van der Waals surface area contributed by atoms with E-state index in [0.29, 0.717) is 11.1 Å². The van der Waals surface area contributed by atoms with Crippen molar-refractivity contribution in [2.75, 3.05) is 12.7 Å². The van der Waals surface area contributed by atoms with Gasteiger partial charge in [0.25, 0.3) is 0 Å². The first kappa shape index (κ1) is 24.0. The molecule has 0 bridgehead atoms. The number of hydrogen-bond donors (Lipinski definition) is 4. The standard InChI is InChI=1S/C18H20O10P2/c1-11-5-3-7-13(17(19)27-9-29(21,22)23)15(11)16-12(2)6-4-8-14(16)18(20)28-10-30(24,25)26/h3-8H,9-10H2,1-2H3,(H2,21,22,23)(H2,24,25,26). The smallest absolute Gasteiger partial charge is 0.362 e. The fourth-order valence-corrected chi connectivity index (χ4v) is 3.35. The van der Waals surface area contributed by atoms with Gasteiger partial charge < -0.3 is 29.0 Å². The minimum Gasteiger partial charge on any atom is -0.449 e. The molecular weight excluding hydrogens is 438 g/mol. The molecule has 0 aliphatic heterocycles. The van der Waals surface area contributed by atoms with Crippen LogP contribution in [0.4, 0.5) is 0 Å². The lowest BCUT2D eigenvalue weighted by Crippen LogP contribution is -2.13. The van der Waals surface area contributed by atoms with Crippen LogP contribution in [0.1, 0.15) is 31.8 Å². The Labute approximate surface area is 171 Å². The van der Waals surface area contributed by atoms with E-state index in [0.717, 1.165) is 0 Å². The average Bonchev–Trinajstić information content (AvgIpc) is 2.63. The van der Waals surface area contributed by atoms with E-state index >= 15 is 0 Å².